The van der Waals surface area contributed by atoms with E-state index in [1.807, 2.05) is 25.1 Å². The molecule has 26 heavy (non-hydrogen) atoms. The summed E-state index contributed by atoms with van der Waals surface area (Å²) in [7, 11) is 4.12. The highest BCUT2D eigenvalue weighted by Gasteiger charge is 2.21. The number of carbonyl (C=O) groups excluding carboxylic acids is 1. The number of thiazole rings is 1. The van der Waals surface area contributed by atoms with Gasteiger partial charge in [-0.15, -0.1) is 0 Å². The topological polar surface area (TPSA) is 37.6 Å². The number of anilines is 1. The maximum absolute atomic E-state index is 13.1. The number of aryl methyl sites for hydroxylation is 1. The van der Waals surface area contributed by atoms with Crippen molar-refractivity contribution in [1.29, 1.82) is 0 Å². The van der Waals surface area contributed by atoms with E-state index in [-0.39, 0.29) is 18.1 Å². The van der Waals surface area contributed by atoms with Crippen LogP contribution in [0.5, 0.6) is 0 Å². The van der Waals surface area contributed by atoms with Gasteiger partial charge in [0.2, 0.25) is 5.91 Å². The second-order valence-electron chi connectivity index (χ2n) is 6.72. The van der Waals surface area contributed by atoms with Gasteiger partial charge < -0.3 is 4.90 Å². The number of hydrogen-bond acceptors (Lipinski definition) is 3. The van der Waals surface area contributed by atoms with Crippen LogP contribution in [0.2, 0.25) is 0 Å². The van der Waals surface area contributed by atoms with Crippen LogP contribution in [0.1, 0.15) is 11.1 Å². The van der Waals surface area contributed by atoms with Crippen LogP contribution >= 0.6 is 11.3 Å². The molecule has 0 aliphatic carbocycles. The molecule has 1 N–H and O–H groups in total. The van der Waals surface area contributed by atoms with Crippen LogP contribution in [0, 0.1) is 12.7 Å². The van der Waals surface area contributed by atoms with E-state index < -0.39 is 0 Å². The lowest BCUT2D eigenvalue weighted by Gasteiger charge is -2.20. The van der Waals surface area contributed by atoms with Crippen LogP contribution in [0.4, 0.5) is 9.52 Å². The molecule has 0 saturated carbocycles. The third-order valence-electron chi connectivity index (χ3n) is 4.25. The van der Waals surface area contributed by atoms with Gasteiger partial charge in [-0.05, 0) is 36.2 Å². The first-order valence-electron chi connectivity index (χ1n) is 8.64. The van der Waals surface area contributed by atoms with Gasteiger partial charge >= 0.3 is 0 Å². The van der Waals surface area contributed by atoms with Crippen LogP contribution in [-0.4, -0.2) is 38.1 Å². The molecule has 1 aromatic heterocycles. The molecule has 1 heterocycles. The maximum Gasteiger partial charge on any atom is 0.233 e. The number of amides is 1. The molecule has 1 amide bonds. The van der Waals surface area contributed by atoms with Crippen molar-refractivity contribution >= 4 is 32.6 Å². The number of halogens is 1. The zero-order chi connectivity index (χ0) is 18.7. The Hall–Kier alpha value is -2.31. The summed E-state index contributed by atoms with van der Waals surface area (Å²) in [6, 6.07) is 12.2. The minimum atomic E-state index is -0.295. The molecule has 0 atom stereocenters. The van der Waals surface area contributed by atoms with Crippen molar-refractivity contribution in [1.82, 2.24) is 4.98 Å². The Balaban J connectivity index is 1.88. The summed E-state index contributed by atoms with van der Waals surface area (Å²) in [6.45, 7) is 3.45. The zero-order valence-electron chi connectivity index (χ0n) is 15.3. The second kappa shape index (κ2) is 7.93. The van der Waals surface area contributed by atoms with E-state index in [4.69, 9.17) is 4.98 Å². The Morgan fingerprint density at radius 1 is 1.19 bits per heavy atom. The predicted octanol–water partition coefficient (Wildman–Crippen LogP) is 2.46. The number of aromatic nitrogens is 1. The van der Waals surface area contributed by atoms with Gasteiger partial charge in [0.1, 0.15) is 5.82 Å². The molecule has 4 nitrogen and oxygen atoms in total. The number of quaternary nitrogens is 1. The predicted molar refractivity (Wildman–Crippen MR) is 104 cm³/mol. The summed E-state index contributed by atoms with van der Waals surface area (Å²) in [5.74, 6) is -0.314. The highest BCUT2D eigenvalue weighted by atomic mass is 32.1. The van der Waals surface area contributed by atoms with E-state index in [0.29, 0.717) is 6.54 Å². The molecule has 0 aliphatic rings. The van der Waals surface area contributed by atoms with Gasteiger partial charge in [-0.1, -0.05) is 35.6 Å². The van der Waals surface area contributed by atoms with E-state index in [0.717, 1.165) is 33.0 Å². The minimum Gasteiger partial charge on any atom is -0.338 e. The van der Waals surface area contributed by atoms with Crippen molar-refractivity contribution in [3.05, 3.63) is 59.4 Å². The largest absolute Gasteiger partial charge is 0.338 e. The summed E-state index contributed by atoms with van der Waals surface area (Å²) in [5, 5.41) is 0.725. The summed E-state index contributed by atoms with van der Waals surface area (Å²) in [4.78, 5) is 20.7. The fraction of sp³-hybridized carbons (Fsp3) is 0.300. The normalized spacial score (nSPS) is 11.3. The van der Waals surface area contributed by atoms with Gasteiger partial charge in [-0.3, -0.25) is 9.69 Å². The minimum absolute atomic E-state index is 0.0189. The monoisotopic (exact) mass is 372 g/mol. The molecule has 6 heteroatoms. The van der Waals surface area contributed by atoms with Gasteiger partial charge in [-0.25, -0.2) is 9.37 Å². The van der Waals surface area contributed by atoms with Gasteiger partial charge in [-0.2, -0.15) is 0 Å². The van der Waals surface area contributed by atoms with Gasteiger partial charge in [0.15, 0.2) is 5.13 Å². The van der Waals surface area contributed by atoms with Crippen molar-refractivity contribution in [3.63, 3.8) is 0 Å². The molecule has 0 fully saturated rings. The quantitative estimate of drug-likeness (QED) is 0.722. The summed E-state index contributed by atoms with van der Waals surface area (Å²) in [6.07, 6.45) is 0.234. The number of nitrogens with zero attached hydrogens (tertiary/aromatic N) is 2. The van der Waals surface area contributed by atoms with Crippen molar-refractivity contribution in [2.24, 2.45) is 0 Å². The molecule has 0 unspecified atom stereocenters. The summed E-state index contributed by atoms with van der Waals surface area (Å²) >= 11 is 1.54. The first-order chi connectivity index (χ1) is 12.4. The third kappa shape index (κ3) is 4.26. The van der Waals surface area contributed by atoms with Crippen molar-refractivity contribution < 1.29 is 14.1 Å². The maximum atomic E-state index is 13.1. The van der Waals surface area contributed by atoms with Crippen LogP contribution < -0.4 is 9.80 Å². The molecule has 0 spiro atoms. The molecular weight excluding hydrogens is 349 g/mol. The molecule has 2 aromatic carbocycles. The van der Waals surface area contributed by atoms with E-state index in [1.54, 1.807) is 17.0 Å². The molecular formula is C20H23FN3OS+. The highest BCUT2D eigenvalue weighted by Crippen LogP contribution is 2.30. The SMILES string of the molecule is Cc1cccc2sc(N(CC[NH+](C)C)C(=O)Cc3ccc(F)cc3)nc12. The van der Waals surface area contributed by atoms with E-state index >= 15 is 0 Å². The average molecular weight is 372 g/mol. The van der Waals surface area contributed by atoms with Gasteiger partial charge in [0, 0.05) is 0 Å². The van der Waals surface area contributed by atoms with E-state index in [2.05, 4.69) is 14.1 Å². The Morgan fingerprint density at radius 2 is 1.92 bits per heavy atom. The van der Waals surface area contributed by atoms with Crippen LogP contribution in [0.3, 0.4) is 0 Å². The molecule has 0 aliphatic heterocycles. The lowest BCUT2D eigenvalue weighted by Crippen LogP contribution is -3.06. The van der Waals surface area contributed by atoms with Gasteiger partial charge in [0.25, 0.3) is 0 Å². The Morgan fingerprint density at radius 3 is 2.58 bits per heavy atom. The van der Waals surface area contributed by atoms with Crippen LogP contribution in [0.25, 0.3) is 10.2 Å². The van der Waals surface area contributed by atoms with E-state index in [1.165, 1.54) is 28.4 Å². The molecule has 0 saturated heterocycles. The lowest BCUT2D eigenvalue weighted by molar-refractivity contribution is -0.856. The first kappa shape index (κ1) is 18.5. The Labute approximate surface area is 156 Å². The average Bonchev–Trinajstić information content (AvgIpc) is 3.02. The molecule has 0 radical (unpaired) electrons. The summed E-state index contributed by atoms with van der Waals surface area (Å²) in [5.41, 5.74) is 2.86. The van der Waals surface area contributed by atoms with Crippen molar-refractivity contribution in [3.8, 4) is 0 Å². The number of nitrogens with one attached hydrogen (secondary N) is 1. The fourth-order valence-electron chi connectivity index (χ4n) is 2.72. The van der Waals surface area contributed by atoms with Crippen LogP contribution in [-0.2, 0) is 11.2 Å². The first-order valence-corrected chi connectivity index (χ1v) is 9.45. The zero-order valence-corrected chi connectivity index (χ0v) is 16.1. The summed E-state index contributed by atoms with van der Waals surface area (Å²) < 4.78 is 14.2. The highest BCUT2D eigenvalue weighted by molar-refractivity contribution is 7.22. The number of likely N-dealkylation sites (N-methyl/N-ethyl adjacent to an activating group) is 1. The number of hydrogen-bond donors (Lipinski definition) is 1. The second-order valence-corrected chi connectivity index (χ2v) is 7.73. The van der Waals surface area contributed by atoms with Crippen LogP contribution in [0.15, 0.2) is 42.5 Å². The van der Waals surface area contributed by atoms with Gasteiger partial charge in [0.05, 0.1) is 43.8 Å². The smallest absolute Gasteiger partial charge is 0.233 e. The molecule has 3 rings (SSSR count). The standard InChI is InChI=1S/C20H22FN3OS/c1-14-5-4-6-17-19(14)22-20(26-17)24(12-11-23(2)3)18(25)13-15-7-9-16(21)10-8-15/h4-10H,11-13H2,1-3H3/p+1. The number of fused-ring (bicyclic) bond motifs is 1. The van der Waals surface area contributed by atoms with E-state index in [9.17, 15) is 9.18 Å². The number of para-hydroxylation sites is 1. The Bertz CT molecular complexity index is 905. The number of benzene rings is 2. The number of rotatable bonds is 6. The Kier molecular flexibility index (Phi) is 5.64. The fourth-order valence-corrected chi connectivity index (χ4v) is 3.81. The molecule has 136 valence electrons. The van der Waals surface area contributed by atoms with Crippen molar-refractivity contribution in [2.75, 3.05) is 32.1 Å². The van der Waals surface area contributed by atoms with Crippen molar-refractivity contribution in [2.45, 2.75) is 13.3 Å². The lowest BCUT2D eigenvalue weighted by atomic mass is 10.1. The molecule has 3 aromatic rings. The molecule has 0 bridgehead atoms. The third-order valence-corrected chi connectivity index (χ3v) is 5.29. The number of carbonyl (C=O) groups is 1.